The van der Waals surface area contributed by atoms with Crippen molar-refractivity contribution in [2.75, 3.05) is 12.4 Å². The molecule has 0 unspecified atom stereocenters. The van der Waals surface area contributed by atoms with Crippen LogP contribution < -0.4 is 15.5 Å². The Morgan fingerprint density at radius 3 is 2.07 bits per heavy atom. The molecule has 7 heteroatoms. The van der Waals surface area contributed by atoms with Crippen LogP contribution in [0.4, 0.5) is 5.69 Å². The fraction of sp³-hybridized carbons (Fsp3) is 0.0455. The second-order valence-electron chi connectivity index (χ2n) is 6.01. The van der Waals surface area contributed by atoms with Crippen LogP contribution in [0.3, 0.4) is 0 Å². The first-order valence-electron chi connectivity index (χ1n) is 8.69. The van der Waals surface area contributed by atoms with E-state index >= 15 is 0 Å². The third-order valence-corrected chi connectivity index (χ3v) is 4.26. The summed E-state index contributed by atoms with van der Waals surface area (Å²) in [5.74, 6) is 0.0660. The molecule has 0 spiro atoms. The highest BCUT2D eigenvalue weighted by atomic mass is 35.5. The van der Waals surface area contributed by atoms with Gasteiger partial charge in [0.05, 0.1) is 13.3 Å². The molecule has 0 atom stereocenters. The van der Waals surface area contributed by atoms with E-state index in [1.165, 1.54) is 6.21 Å². The van der Waals surface area contributed by atoms with Crippen molar-refractivity contribution in [3.63, 3.8) is 0 Å². The first kappa shape index (κ1) is 20.1. The van der Waals surface area contributed by atoms with E-state index in [4.69, 9.17) is 16.3 Å². The minimum atomic E-state index is -0.358. The summed E-state index contributed by atoms with van der Waals surface area (Å²) in [4.78, 5) is 24.4. The Hall–Kier alpha value is -3.64. The summed E-state index contributed by atoms with van der Waals surface area (Å²) < 4.78 is 5.08. The molecular formula is C22H18ClN3O3. The number of carbonyl (C=O) groups excluding carboxylic acids is 2. The lowest BCUT2D eigenvalue weighted by Gasteiger charge is -2.07. The van der Waals surface area contributed by atoms with Gasteiger partial charge in [-0.3, -0.25) is 9.59 Å². The molecule has 0 saturated heterocycles. The van der Waals surface area contributed by atoms with Gasteiger partial charge >= 0.3 is 0 Å². The topological polar surface area (TPSA) is 79.8 Å². The molecule has 146 valence electrons. The second kappa shape index (κ2) is 9.52. The quantitative estimate of drug-likeness (QED) is 0.470. The Kier molecular flexibility index (Phi) is 6.60. The summed E-state index contributed by atoms with van der Waals surface area (Å²) >= 11 is 5.82. The van der Waals surface area contributed by atoms with Gasteiger partial charge in [0.25, 0.3) is 11.8 Å². The molecule has 6 nitrogen and oxygen atoms in total. The van der Waals surface area contributed by atoms with Crippen molar-refractivity contribution in [3.05, 3.63) is 94.5 Å². The summed E-state index contributed by atoms with van der Waals surface area (Å²) in [6, 6.07) is 20.4. The molecule has 29 heavy (non-hydrogen) atoms. The van der Waals surface area contributed by atoms with Gasteiger partial charge in [0.1, 0.15) is 5.75 Å². The Morgan fingerprint density at radius 1 is 0.862 bits per heavy atom. The van der Waals surface area contributed by atoms with E-state index < -0.39 is 0 Å². The molecule has 0 fully saturated rings. The van der Waals surface area contributed by atoms with Crippen molar-refractivity contribution >= 4 is 35.3 Å². The van der Waals surface area contributed by atoms with Crippen LogP contribution >= 0.6 is 11.6 Å². The Morgan fingerprint density at radius 2 is 1.45 bits per heavy atom. The maximum absolute atomic E-state index is 12.3. The van der Waals surface area contributed by atoms with E-state index in [2.05, 4.69) is 15.8 Å². The third-order valence-electron chi connectivity index (χ3n) is 4.01. The average molecular weight is 408 g/mol. The molecule has 0 aromatic heterocycles. The molecule has 0 bridgehead atoms. The molecular weight excluding hydrogens is 390 g/mol. The smallest absolute Gasteiger partial charge is 0.271 e. The first-order valence-corrected chi connectivity index (χ1v) is 9.07. The largest absolute Gasteiger partial charge is 0.497 e. The predicted molar refractivity (Wildman–Crippen MR) is 114 cm³/mol. The summed E-state index contributed by atoms with van der Waals surface area (Å²) in [6.07, 6.45) is 1.53. The summed E-state index contributed by atoms with van der Waals surface area (Å²) in [6.45, 7) is 0. The lowest BCUT2D eigenvalue weighted by Crippen LogP contribution is -2.17. The molecule has 0 heterocycles. The summed E-state index contributed by atoms with van der Waals surface area (Å²) in [5.41, 5.74) is 4.77. The number of ether oxygens (including phenoxy) is 1. The zero-order chi connectivity index (χ0) is 20.6. The van der Waals surface area contributed by atoms with E-state index in [0.717, 1.165) is 5.56 Å². The lowest BCUT2D eigenvalue weighted by molar-refractivity contribution is 0.0954. The molecule has 0 radical (unpaired) electrons. The fourth-order valence-electron chi connectivity index (χ4n) is 2.43. The molecule has 3 aromatic rings. The number of nitrogens with one attached hydrogen (secondary N) is 2. The van der Waals surface area contributed by atoms with Gasteiger partial charge in [-0.2, -0.15) is 5.10 Å². The standard InChI is InChI=1S/C22H18ClN3O3/c1-29-20-12-6-16(7-13-20)21(27)25-19-10-4-17(5-11-19)22(28)26-24-14-15-2-8-18(23)9-3-15/h2-14H,1H3,(H,25,27)(H,26,28). The third kappa shape index (κ3) is 5.67. The number of hydrogen-bond donors (Lipinski definition) is 2. The van der Waals surface area contributed by atoms with Crippen molar-refractivity contribution in [3.8, 4) is 5.75 Å². The van der Waals surface area contributed by atoms with Crippen LogP contribution in [0.5, 0.6) is 5.75 Å². The number of methoxy groups -OCH3 is 1. The zero-order valence-corrected chi connectivity index (χ0v) is 16.3. The van der Waals surface area contributed by atoms with E-state index in [0.29, 0.717) is 27.6 Å². The molecule has 2 N–H and O–H groups in total. The molecule has 0 saturated carbocycles. The molecule has 0 aliphatic heterocycles. The Labute approximate surface area is 173 Å². The number of halogens is 1. The normalized spacial score (nSPS) is 10.6. The second-order valence-corrected chi connectivity index (χ2v) is 6.45. The highest BCUT2D eigenvalue weighted by molar-refractivity contribution is 6.30. The number of hydrazone groups is 1. The molecule has 0 aliphatic rings. The van der Waals surface area contributed by atoms with Gasteiger partial charge in [-0.1, -0.05) is 23.7 Å². The highest BCUT2D eigenvalue weighted by Crippen LogP contribution is 2.15. The number of rotatable bonds is 6. The summed E-state index contributed by atoms with van der Waals surface area (Å²) in [7, 11) is 1.57. The van der Waals surface area contributed by atoms with E-state index in [1.54, 1.807) is 79.9 Å². The van der Waals surface area contributed by atoms with E-state index in [1.807, 2.05) is 0 Å². The number of amides is 2. The number of carbonyl (C=O) groups is 2. The molecule has 3 aromatic carbocycles. The van der Waals surface area contributed by atoms with Gasteiger partial charge in [0, 0.05) is 21.8 Å². The van der Waals surface area contributed by atoms with Gasteiger partial charge in [-0.15, -0.1) is 0 Å². The van der Waals surface area contributed by atoms with Crippen LogP contribution in [0.1, 0.15) is 26.3 Å². The van der Waals surface area contributed by atoms with Crippen LogP contribution in [0.2, 0.25) is 5.02 Å². The van der Waals surface area contributed by atoms with Gasteiger partial charge < -0.3 is 10.1 Å². The Bertz CT molecular complexity index is 1010. The fourth-order valence-corrected chi connectivity index (χ4v) is 2.56. The van der Waals surface area contributed by atoms with Crippen molar-refractivity contribution in [1.82, 2.24) is 5.43 Å². The zero-order valence-electron chi connectivity index (χ0n) is 15.6. The monoisotopic (exact) mass is 407 g/mol. The van der Waals surface area contributed by atoms with Gasteiger partial charge in [-0.25, -0.2) is 5.43 Å². The van der Waals surface area contributed by atoms with Crippen LogP contribution in [-0.4, -0.2) is 25.1 Å². The van der Waals surface area contributed by atoms with Gasteiger partial charge in [0.2, 0.25) is 0 Å². The van der Waals surface area contributed by atoms with Crippen molar-refractivity contribution in [2.45, 2.75) is 0 Å². The number of nitrogens with zero attached hydrogens (tertiary/aromatic N) is 1. The van der Waals surface area contributed by atoms with Crippen LogP contribution in [-0.2, 0) is 0 Å². The first-order chi connectivity index (χ1) is 14.0. The summed E-state index contributed by atoms with van der Waals surface area (Å²) in [5, 5.41) is 7.33. The maximum atomic E-state index is 12.3. The van der Waals surface area contributed by atoms with Crippen molar-refractivity contribution < 1.29 is 14.3 Å². The molecule has 3 rings (SSSR count). The van der Waals surface area contributed by atoms with Crippen LogP contribution in [0, 0.1) is 0 Å². The predicted octanol–water partition coefficient (Wildman–Crippen LogP) is 4.36. The minimum Gasteiger partial charge on any atom is -0.497 e. The number of hydrogen-bond acceptors (Lipinski definition) is 4. The van der Waals surface area contributed by atoms with E-state index in [9.17, 15) is 9.59 Å². The van der Waals surface area contributed by atoms with Crippen LogP contribution in [0.25, 0.3) is 0 Å². The van der Waals surface area contributed by atoms with Gasteiger partial charge in [0.15, 0.2) is 0 Å². The lowest BCUT2D eigenvalue weighted by atomic mass is 10.1. The molecule has 0 aliphatic carbocycles. The van der Waals surface area contributed by atoms with Crippen molar-refractivity contribution in [1.29, 1.82) is 0 Å². The number of anilines is 1. The van der Waals surface area contributed by atoms with Gasteiger partial charge in [-0.05, 0) is 66.2 Å². The number of benzene rings is 3. The van der Waals surface area contributed by atoms with Crippen molar-refractivity contribution in [2.24, 2.45) is 5.10 Å². The minimum absolute atomic E-state index is 0.252. The SMILES string of the molecule is COc1ccc(C(=O)Nc2ccc(C(=O)NN=Cc3ccc(Cl)cc3)cc2)cc1. The highest BCUT2D eigenvalue weighted by Gasteiger charge is 2.08. The average Bonchev–Trinajstić information content (AvgIpc) is 2.75. The molecule has 2 amide bonds. The van der Waals surface area contributed by atoms with E-state index in [-0.39, 0.29) is 11.8 Å². The maximum Gasteiger partial charge on any atom is 0.271 e. The van der Waals surface area contributed by atoms with Crippen LogP contribution in [0.15, 0.2) is 77.9 Å². The Balaban J connectivity index is 1.56.